The molecule has 2 aromatic heterocycles. The van der Waals surface area contributed by atoms with Crippen molar-refractivity contribution in [3.05, 3.63) is 41.6 Å². The average Bonchev–Trinajstić information content (AvgIpc) is 2.76. The number of aromatic nitrogens is 3. The maximum Gasteiger partial charge on any atom is 0.149 e. The molecule has 0 atom stereocenters. The average molecular weight is 243 g/mol. The van der Waals surface area contributed by atoms with Gasteiger partial charge in [-0.3, -0.25) is 9.98 Å². The van der Waals surface area contributed by atoms with Crippen LogP contribution in [0.5, 0.6) is 0 Å². The monoisotopic (exact) mass is 243 g/mol. The number of nitrogens with zero attached hydrogens (tertiary/aromatic N) is 3. The summed E-state index contributed by atoms with van der Waals surface area (Å²) in [4.78, 5) is 8.67. The number of hydrogen-bond acceptors (Lipinski definition) is 3. The Balaban J connectivity index is 2.60. The van der Waals surface area contributed by atoms with Gasteiger partial charge in [-0.15, -0.1) is 0 Å². The molecule has 18 heavy (non-hydrogen) atoms. The Morgan fingerprint density at radius 1 is 1.39 bits per heavy atom. The molecule has 0 saturated carbocycles. The lowest BCUT2D eigenvalue weighted by atomic mass is 10.1. The molecule has 0 bridgehead atoms. The molecule has 94 valence electrons. The number of hydrogen-bond donors (Lipinski definition) is 2. The van der Waals surface area contributed by atoms with Gasteiger partial charge in [0.2, 0.25) is 0 Å². The minimum Gasteiger partial charge on any atom is -0.384 e. The van der Waals surface area contributed by atoms with E-state index in [1.54, 1.807) is 12.4 Å². The van der Waals surface area contributed by atoms with Gasteiger partial charge < -0.3 is 5.73 Å². The number of amidine groups is 1. The highest BCUT2D eigenvalue weighted by Gasteiger charge is 2.14. The Morgan fingerprint density at radius 3 is 2.83 bits per heavy atom. The molecular weight excluding hydrogens is 226 g/mol. The number of rotatable bonds is 4. The molecule has 3 N–H and O–H groups in total. The summed E-state index contributed by atoms with van der Waals surface area (Å²) < 4.78 is 1.91. The fourth-order valence-electron chi connectivity index (χ4n) is 2.00. The molecule has 0 unspecified atom stereocenters. The predicted molar refractivity (Wildman–Crippen MR) is 71.1 cm³/mol. The first-order chi connectivity index (χ1) is 8.65. The van der Waals surface area contributed by atoms with Gasteiger partial charge in [-0.1, -0.05) is 6.92 Å². The maximum absolute atomic E-state index is 7.70. The van der Waals surface area contributed by atoms with Crippen LogP contribution in [0.2, 0.25) is 0 Å². The van der Waals surface area contributed by atoms with Crippen LogP contribution in [0.25, 0.3) is 5.82 Å². The molecule has 2 aromatic rings. The number of nitrogen functional groups attached to an aromatic ring is 1. The van der Waals surface area contributed by atoms with Crippen LogP contribution in [-0.4, -0.2) is 20.4 Å². The largest absolute Gasteiger partial charge is 0.384 e. The van der Waals surface area contributed by atoms with E-state index in [9.17, 15) is 0 Å². The number of imidazole rings is 1. The lowest BCUT2D eigenvalue weighted by molar-refractivity contribution is 0.796. The van der Waals surface area contributed by atoms with Gasteiger partial charge in [-0.25, -0.2) is 9.97 Å². The first kappa shape index (κ1) is 12.3. The zero-order chi connectivity index (χ0) is 13.1. The summed E-state index contributed by atoms with van der Waals surface area (Å²) in [6.45, 7) is 4.03. The van der Waals surface area contributed by atoms with Crippen molar-refractivity contribution in [2.45, 2.75) is 26.7 Å². The van der Waals surface area contributed by atoms with Gasteiger partial charge in [0.05, 0.1) is 5.56 Å². The maximum atomic E-state index is 7.70. The van der Waals surface area contributed by atoms with Crippen molar-refractivity contribution < 1.29 is 0 Å². The summed E-state index contributed by atoms with van der Waals surface area (Å²) in [5, 5.41) is 7.70. The molecule has 0 aliphatic carbocycles. The van der Waals surface area contributed by atoms with Crippen molar-refractivity contribution >= 4 is 5.84 Å². The van der Waals surface area contributed by atoms with E-state index in [1.807, 2.05) is 23.8 Å². The zero-order valence-corrected chi connectivity index (χ0v) is 10.6. The zero-order valence-electron chi connectivity index (χ0n) is 10.6. The summed E-state index contributed by atoms with van der Waals surface area (Å²) in [7, 11) is 0. The second-order valence-corrected chi connectivity index (χ2v) is 4.20. The molecule has 5 nitrogen and oxygen atoms in total. The van der Waals surface area contributed by atoms with Crippen LogP contribution in [0.3, 0.4) is 0 Å². The number of nitrogens with two attached hydrogens (primary N) is 1. The van der Waals surface area contributed by atoms with Crippen molar-refractivity contribution in [2.75, 3.05) is 0 Å². The molecule has 0 amide bonds. The van der Waals surface area contributed by atoms with Gasteiger partial charge >= 0.3 is 0 Å². The van der Waals surface area contributed by atoms with Gasteiger partial charge in [0.15, 0.2) is 0 Å². The first-order valence-electron chi connectivity index (χ1n) is 5.97. The third-order valence-corrected chi connectivity index (χ3v) is 2.83. The highest BCUT2D eigenvalue weighted by atomic mass is 15.1. The van der Waals surface area contributed by atoms with Gasteiger partial charge in [-0.2, -0.15) is 0 Å². The van der Waals surface area contributed by atoms with Gasteiger partial charge in [0, 0.05) is 25.0 Å². The van der Waals surface area contributed by atoms with Gasteiger partial charge in [0.25, 0.3) is 0 Å². The topological polar surface area (TPSA) is 80.6 Å². The van der Waals surface area contributed by atoms with E-state index >= 15 is 0 Å². The molecule has 0 spiro atoms. The van der Waals surface area contributed by atoms with Crippen LogP contribution in [0.4, 0.5) is 0 Å². The van der Waals surface area contributed by atoms with E-state index < -0.39 is 0 Å². The quantitative estimate of drug-likeness (QED) is 0.634. The van der Waals surface area contributed by atoms with Crippen LogP contribution in [0.15, 0.2) is 24.7 Å². The first-order valence-corrected chi connectivity index (χ1v) is 5.97. The van der Waals surface area contributed by atoms with Crippen LogP contribution in [0.1, 0.15) is 30.3 Å². The molecule has 0 radical (unpaired) electrons. The molecular formula is C13H17N5. The van der Waals surface area contributed by atoms with E-state index in [0.717, 1.165) is 24.2 Å². The predicted octanol–water partition coefficient (Wildman–Crippen LogP) is 1.81. The molecule has 0 aromatic carbocycles. The van der Waals surface area contributed by atoms with E-state index in [-0.39, 0.29) is 5.84 Å². The second kappa shape index (κ2) is 5.00. The standard InChI is InChI=1S/C13H17N5/c1-3-4-10-16-7-8-18(10)13-11(12(14)15)9(2)5-6-17-13/h5-8H,3-4H2,1-2H3,(H3,14,15). The number of nitrogens with one attached hydrogen (secondary N) is 1. The molecule has 0 aliphatic rings. The fourth-order valence-corrected chi connectivity index (χ4v) is 2.00. The third-order valence-electron chi connectivity index (χ3n) is 2.83. The van der Waals surface area contributed by atoms with Crippen LogP contribution in [0, 0.1) is 12.3 Å². The minimum atomic E-state index is 0.0340. The summed E-state index contributed by atoms with van der Waals surface area (Å²) in [6, 6.07) is 1.86. The van der Waals surface area contributed by atoms with Crippen molar-refractivity contribution in [2.24, 2.45) is 5.73 Å². The molecule has 0 saturated heterocycles. The fraction of sp³-hybridized carbons (Fsp3) is 0.308. The summed E-state index contributed by atoms with van der Waals surface area (Å²) in [6.07, 6.45) is 7.23. The second-order valence-electron chi connectivity index (χ2n) is 4.20. The molecule has 5 heteroatoms. The molecule has 0 aliphatic heterocycles. The number of pyridine rings is 1. The molecule has 2 rings (SSSR count). The van der Waals surface area contributed by atoms with Gasteiger partial charge in [0.1, 0.15) is 17.5 Å². The summed E-state index contributed by atoms with van der Waals surface area (Å²) >= 11 is 0. The van der Waals surface area contributed by atoms with Crippen molar-refractivity contribution in [1.82, 2.24) is 14.5 Å². The Morgan fingerprint density at radius 2 is 2.17 bits per heavy atom. The molecule has 0 fully saturated rings. The van der Waals surface area contributed by atoms with Crippen LogP contribution in [-0.2, 0) is 6.42 Å². The normalized spacial score (nSPS) is 10.6. The SMILES string of the molecule is CCCc1nccn1-c1nccc(C)c1C(=N)N. The smallest absolute Gasteiger partial charge is 0.149 e. The minimum absolute atomic E-state index is 0.0340. The summed E-state index contributed by atoms with van der Waals surface area (Å²) in [5.41, 5.74) is 7.28. The van der Waals surface area contributed by atoms with E-state index in [0.29, 0.717) is 11.4 Å². The third kappa shape index (κ3) is 2.11. The Kier molecular flexibility index (Phi) is 3.41. The highest BCUT2D eigenvalue weighted by molar-refractivity contribution is 5.99. The van der Waals surface area contributed by atoms with E-state index in [2.05, 4.69) is 16.9 Å². The lowest BCUT2D eigenvalue weighted by Gasteiger charge is -2.12. The van der Waals surface area contributed by atoms with E-state index in [4.69, 9.17) is 11.1 Å². The highest BCUT2D eigenvalue weighted by Crippen LogP contribution is 2.17. The Labute approximate surface area is 106 Å². The van der Waals surface area contributed by atoms with Gasteiger partial charge in [-0.05, 0) is 25.0 Å². The van der Waals surface area contributed by atoms with E-state index in [1.165, 1.54) is 0 Å². The lowest BCUT2D eigenvalue weighted by Crippen LogP contribution is -2.18. The number of aryl methyl sites for hydroxylation is 2. The van der Waals surface area contributed by atoms with Crippen molar-refractivity contribution in [3.8, 4) is 5.82 Å². The Bertz CT molecular complexity index is 571. The Hall–Kier alpha value is -2.17. The van der Waals surface area contributed by atoms with Crippen LogP contribution >= 0.6 is 0 Å². The molecule has 2 heterocycles. The van der Waals surface area contributed by atoms with Crippen molar-refractivity contribution in [3.63, 3.8) is 0 Å². The van der Waals surface area contributed by atoms with Crippen LogP contribution < -0.4 is 5.73 Å². The van der Waals surface area contributed by atoms with Crippen molar-refractivity contribution in [1.29, 1.82) is 5.41 Å². The summed E-state index contributed by atoms with van der Waals surface area (Å²) in [5.74, 6) is 1.66.